The van der Waals surface area contributed by atoms with Gasteiger partial charge in [0.15, 0.2) is 0 Å². The Morgan fingerprint density at radius 3 is 2.65 bits per heavy atom. The fourth-order valence-corrected chi connectivity index (χ4v) is 5.00. The Bertz CT molecular complexity index is 896. The number of amides is 1. The van der Waals surface area contributed by atoms with E-state index in [0.717, 1.165) is 17.3 Å². The minimum atomic E-state index is -3.70. The Hall–Kier alpha value is -1.96. The van der Waals surface area contributed by atoms with Gasteiger partial charge < -0.3 is 10.2 Å². The summed E-state index contributed by atoms with van der Waals surface area (Å²) in [5.74, 6) is -0.201. The van der Waals surface area contributed by atoms with Crippen LogP contribution in [0.15, 0.2) is 47.4 Å². The Morgan fingerprint density at radius 2 is 1.92 bits per heavy atom. The van der Waals surface area contributed by atoms with Gasteiger partial charge in [0.25, 0.3) is 0 Å². The Morgan fingerprint density at radius 1 is 1.19 bits per heavy atom. The molecular weight excluding hydrogens is 350 g/mol. The van der Waals surface area contributed by atoms with Gasteiger partial charge in [0.1, 0.15) is 6.04 Å². The average molecular weight is 377 g/mol. The molecule has 3 rings (SSSR count). The number of hydrogen-bond acceptors (Lipinski definition) is 3. The van der Waals surface area contributed by atoms with Gasteiger partial charge in [0.2, 0.25) is 15.9 Å². The molecule has 0 unspecified atom stereocenters. The third-order valence-corrected chi connectivity index (χ3v) is 6.66. The fourth-order valence-electron chi connectivity index (χ4n) is 3.31. The molecule has 0 spiro atoms. The van der Waals surface area contributed by atoms with E-state index in [2.05, 4.69) is 5.32 Å². The number of carbonyl (C=O) groups excluding carboxylic acids is 1. The van der Waals surface area contributed by atoms with Crippen LogP contribution in [0.5, 0.6) is 0 Å². The molecule has 1 atom stereocenters. The van der Waals surface area contributed by atoms with Crippen molar-refractivity contribution in [2.75, 3.05) is 33.7 Å². The number of hydrogen-bond donors (Lipinski definition) is 2. The number of benzene rings is 2. The highest BCUT2D eigenvalue weighted by Gasteiger charge is 2.39. The lowest BCUT2D eigenvalue weighted by Gasteiger charge is -2.23. The highest BCUT2D eigenvalue weighted by Crippen LogP contribution is 2.28. The topological polar surface area (TPSA) is 70.9 Å². The summed E-state index contributed by atoms with van der Waals surface area (Å²) in [6, 6.07) is 12.2. The Labute approximate surface area is 154 Å². The molecule has 1 aliphatic heterocycles. The SMILES string of the molecule is C[NH+](C)CCNC(=O)[C@H]1CCCN1S(=O)(=O)c1ccc2ccccc2c1. The maximum absolute atomic E-state index is 13.1. The molecule has 0 radical (unpaired) electrons. The number of quaternary nitrogens is 1. The van der Waals surface area contributed by atoms with Crippen LogP contribution in [0.4, 0.5) is 0 Å². The molecule has 0 aliphatic carbocycles. The molecular formula is C19H26N3O3S+. The van der Waals surface area contributed by atoms with Crippen LogP contribution >= 0.6 is 0 Å². The molecule has 0 saturated carbocycles. The molecule has 0 bridgehead atoms. The summed E-state index contributed by atoms with van der Waals surface area (Å²) in [5, 5.41) is 4.74. The summed E-state index contributed by atoms with van der Waals surface area (Å²) in [7, 11) is 0.326. The zero-order chi connectivity index (χ0) is 18.7. The van der Waals surface area contributed by atoms with Crippen molar-refractivity contribution in [3.63, 3.8) is 0 Å². The van der Waals surface area contributed by atoms with Crippen molar-refractivity contribution in [2.24, 2.45) is 0 Å². The van der Waals surface area contributed by atoms with Crippen molar-refractivity contribution < 1.29 is 18.1 Å². The minimum Gasteiger partial charge on any atom is -0.349 e. The number of likely N-dealkylation sites (N-methyl/N-ethyl adjacent to an activating group) is 1. The van der Waals surface area contributed by atoms with E-state index in [9.17, 15) is 13.2 Å². The smallest absolute Gasteiger partial charge is 0.243 e. The van der Waals surface area contributed by atoms with Crippen LogP contribution < -0.4 is 10.2 Å². The number of fused-ring (bicyclic) bond motifs is 1. The van der Waals surface area contributed by atoms with Crippen LogP contribution in [0.2, 0.25) is 0 Å². The molecule has 1 heterocycles. The van der Waals surface area contributed by atoms with Crippen LogP contribution in [-0.4, -0.2) is 58.4 Å². The second-order valence-electron chi connectivity index (χ2n) is 7.03. The van der Waals surface area contributed by atoms with E-state index in [4.69, 9.17) is 0 Å². The van der Waals surface area contributed by atoms with E-state index in [1.807, 2.05) is 44.4 Å². The predicted molar refractivity (Wildman–Crippen MR) is 102 cm³/mol. The average Bonchev–Trinajstić information content (AvgIpc) is 3.11. The first-order valence-corrected chi connectivity index (χ1v) is 10.4. The van der Waals surface area contributed by atoms with Crippen molar-refractivity contribution in [1.29, 1.82) is 0 Å². The summed E-state index contributed by atoms with van der Waals surface area (Å²) in [6.07, 6.45) is 1.26. The second-order valence-corrected chi connectivity index (χ2v) is 8.92. The number of nitrogens with one attached hydrogen (secondary N) is 2. The Balaban J connectivity index is 1.81. The van der Waals surface area contributed by atoms with Gasteiger partial charge in [-0.1, -0.05) is 30.3 Å². The monoisotopic (exact) mass is 376 g/mol. The highest BCUT2D eigenvalue weighted by atomic mass is 32.2. The predicted octanol–water partition coefficient (Wildman–Crippen LogP) is 0.254. The molecule has 2 aromatic rings. The standard InChI is InChI=1S/C19H25N3O3S/c1-21(2)13-11-20-19(23)18-8-5-12-22(18)26(24,25)17-10-9-15-6-3-4-7-16(15)14-17/h3-4,6-7,9-10,14,18H,5,8,11-13H2,1-2H3,(H,20,23)/p+1/t18-/m1/s1. The largest absolute Gasteiger partial charge is 0.349 e. The molecule has 140 valence electrons. The van der Waals surface area contributed by atoms with Crippen LogP contribution in [0, 0.1) is 0 Å². The van der Waals surface area contributed by atoms with E-state index in [1.165, 1.54) is 9.21 Å². The van der Waals surface area contributed by atoms with Crippen molar-refractivity contribution in [2.45, 2.75) is 23.8 Å². The molecule has 6 nitrogen and oxygen atoms in total. The van der Waals surface area contributed by atoms with Crippen molar-refractivity contribution in [1.82, 2.24) is 9.62 Å². The van der Waals surface area contributed by atoms with Gasteiger partial charge in [-0.25, -0.2) is 8.42 Å². The third-order valence-electron chi connectivity index (χ3n) is 4.76. The number of sulfonamides is 1. The lowest BCUT2D eigenvalue weighted by molar-refractivity contribution is -0.856. The molecule has 7 heteroatoms. The van der Waals surface area contributed by atoms with Crippen LogP contribution in [0.3, 0.4) is 0 Å². The van der Waals surface area contributed by atoms with Crippen LogP contribution in [-0.2, 0) is 14.8 Å². The summed E-state index contributed by atoms with van der Waals surface area (Å²) in [4.78, 5) is 14.0. The van der Waals surface area contributed by atoms with Gasteiger partial charge in [-0.3, -0.25) is 4.79 Å². The summed E-state index contributed by atoms with van der Waals surface area (Å²) in [5.41, 5.74) is 0. The fraction of sp³-hybridized carbons (Fsp3) is 0.421. The molecule has 2 N–H and O–H groups in total. The zero-order valence-electron chi connectivity index (χ0n) is 15.2. The van der Waals surface area contributed by atoms with E-state index in [1.54, 1.807) is 12.1 Å². The number of carbonyl (C=O) groups is 1. The quantitative estimate of drug-likeness (QED) is 0.760. The first-order chi connectivity index (χ1) is 12.4. The molecule has 0 aromatic heterocycles. The first kappa shape index (κ1) is 18.8. The van der Waals surface area contributed by atoms with Gasteiger partial charge in [-0.2, -0.15) is 4.31 Å². The molecule has 2 aromatic carbocycles. The maximum Gasteiger partial charge on any atom is 0.243 e. The van der Waals surface area contributed by atoms with Crippen LogP contribution in [0.25, 0.3) is 10.8 Å². The zero-order valence-corrected chi connectivity index (χ0v) is 16.1. The lowest BCUT2D eigenvalue weighted by atomic mass is 10.1. The number of nitrogens with zero attached hydrogens (tertiary/aromatic N) is 1. The molecule has 1 fully saturated rings. The Kier molecular flexibility index (Phi) is 5.60. The maximum atomic E-state index is 13.1. The summed E-state index contributed by atoms with van der Waals surface area (Å²) in [6.45, 7) is 1.73. The molecule has 1 saturated heterocycles. The first-order valence-electron chi connectivity index (χ1n) is 8.97. The van der Waals surface area contributed by atoms with Crippen molar-refractivity contribution in [3.8, 4) is 0 Å². The van der Waals surface area contributed by atoms with Gasteiger partial charge in [0.05, 0.1) is 32.1 Å². The third kappa shape index (κ3) is 3.90. The van der Waals surface area contributed by atoms with Crippen molar-refractivity contribution in [3.05, 3.63) is 42.5 Å². The van der Waals surface area contributed by atoms with Gasteiger partial charge in [-0.05, 0) is 35.7 Å². The van der Waals surface area contributed by atoms with E-state index < -0.39 is 16.1 Å². The van der Waals surface area contributed by atoms with Gasteiger partial charge in [0, 0.05) is 6.54 Å². The number of rotatable bonds is 6. The highest BCUT2D eigenvalue weighted by molar-refractivity contribution is 7.89. The van der Waals surface area contributed by atoms with Gasteiger partial charge >= 0.3 is 0 Å². The van der Waals surface area contributed by atoms with Crippen molar-refractivity contribution >= 4 is 26.7 Å². The molecule has 1 amide bonds. The molecule has 1 aliphatic rings. The van der Waals surface area contributed by atoms with Crippen LogP contribution in [0.1, 0.15) is 12.8 Å². The normalized spacial score (nSPS) is 18.5. The molecule has 26 heavy (non-hydrogen) atoms. The second kappa shape index (κ2) is 7.73. The lowest BCUT2D eigenvalue weighted by Crippen LogP contribution is -3.06. The van der Waals surface area contributed by atoms with E-state index in [0.29, 0.717) is 25.9 Å². The summed E-state index contributed by atoms with van der Waals surface area (Å²) >= 11 is 0. The summed E-state index contributed by atoms with van der Waals surface area (Å²) < 4.78 is 27.6. The van der Waals surface area contributed by atoms with E-state index in [-0.39, 0.29) is 10.8 Å². The van der Waals surface area contributed by atoms with E-state index >= 15 is 0 Å². The van der Waals surface area contributed by atoms with Gasteiger partial charge in [-0.15, -0.1) is 0 Å². The minimum absolute atomic E-state index is 0.201.